The molecule has 2 fully saturated rings. The van der Waals surface area contributed by atoms with Gasteiger partial charge in [-0.2, -0.15) is 4.98 Å². The topological polar surface area (TPSA) is 123 Å². The molecule has 1 aromatic heterocycles. The quantitative estimate of drug-likeness (QED) is 0.497. The maximum atomic E-state index is 14.4. The van der Waals surface area contributed by atoms with E-state index in [1.54, 1.807) is 4.90 Å². The Hall–Kier alpha value is -3.41. The van der Waals surface area contributed by atoms with E-state index in [1.165, 1.54) is 0 Å². The summed E-state index contributed by atoms with van der Waals surface area (Å²) in [6, 6.07) is 2.09. The number of benzene rings is 1. The van der Waals surface area contributed by atoms with Crippen LogP contribution in [0.5, 0.6) is 0 Å². The maximum Gasteiger partial charge on any atom is 0.330 e. The second-order valence-electron chi connectivity index (χ2n) is 8.07. The summed E-state index contributed by atoms with van der Waals surface area (Å²) in [5, 5.41) is 16.6. The first kappa shape index (κ1) is 22.8. The van der Waals surface area contributed by atoms with Crippen molar-refractivity contribution in [3.63, 3.8) is 0 Å². The molecule has 2 saturated heterocycles. The molecule has 3 heterocycles. The Morgan fingerprint density at radius 2 is 2.06 bits per heavy atom. The van der Waals surface area contributed by atoms with Crippen LogP contribution in [0.3, 0.4) is 0 Å². The van der Waals surface area contributed by atoms with E-state index in [2.05, 4.69) is 20.6 Å². The molecule has 0 aliphatic carbocycles. The summed E-state index contributed by atoms with van der Waals surface area (Å²) in [6.45, 7) is 2.14. The van der Waals surface area contributed by atoms with Crippen molar-refractivity contribution in [2.24, 2.45) is 5.92 Å². The molecule has 2 amide bonds. The number of halogens is 2. The zero-order valence-electron chi connectivity index (χ0n) is 17.8. The summed E-state index contributed by atoms with van der Waals surface area (Å²) in [6.07, 6.45) is 3.87. The number of amides is 2. The van der Waals surface area contributed by atoms with E-state index in [4.69, 9.17) is 4.74 Å². The Bertz CT molecular complexity index is 1030. The minimum Gasteiger partial charge on any atom is -0.381 e. The number of urea groups is 1. The second-order valence-corrected chi connectivity index (χ2v) is 8.07. The lowest BCUT2D eigenvalue weighted by Gasteiger charge is -2.25. The van der Waals surface area contributed by atoms with Crippen molar-refractivity contribution in [1.29, 1.82) is 0 Å². The Morgan fingerprint density at radius 1 is 1.27 bits per heavy atom. The van der Waals surface area contributed by atoms with Crippen LogP contribution in [0.2, 0.25) is 0 Å². The van der Waals surface area contributed by atoms with E-state index >= 15 is 0 Å². The molecule has 10 nitrogen and oxygen atoms in total. The number of nitro groups is 1. The molecule has 1 unspecified atom stereocenters. The highest BCUT2D eigenvalue weighted by molar-refractivity contribution is 5.90. The smallest absolute Gasteiger partial charge is 0.330 e. The van der Waals surface area contributed by atoms with Crippen LogP contribution in [0.15, 0.2) is 24.4 Å². The molecule has 1 aromatic carbocycles. The van der Waals surface area contributed by atoms with Crippen LogP contribution in [-0.4, -0.2) is 47.2 Å². The molecule has 2 N–H and O–H groups in total. The fourth-order valence-corrected chi connectivity index (χ4v) is 4.17. The molecule has 1 atom stereocenters. The third-order valence-electron chi connectivity index (χ3n) is 5.90. The zero-order valence-corrected chi connectivity index (χ0v) is 17.8. The summed E-state index contributed by atoms with van der Waals surface area (Å²) < 4.78 is 33.4. The van der Waals surface area contributed by atoms with Gasteiger partial charge in [0.2, 0.25) is 11.8 Å². The van der Waals surface area contributed by atoms with Crippen LogP contribution in [0.4, 0.5) is 31.0 Å². The Morgan fingerprint density at radius 3 is 2.82 bits per heavy atom. The summed E-state index contributed by atoms with van der Waals surface area (Å²) in [5.41, 5.74) is -0.300. The number of rotatable bonds is 6. The summed E-state index contributed by atoms with van der Waals surface area (Å²) in [7, 11) is 0. The Labute approximate surface area is 188 Å². The summed E-state index contributed by atoms with van der Waals surface area (Å²) >= 11 is 0. The van der Waals surface area contributed by atoms with E-state index in [0.717, 1.165) is 37.2 Å². The lowest BCUT2D eigenvalue weighted by atomic mass is 10.0. The molecule has 0 saturated carbocycles. The number of carbonyl (C=O) groups excluding carboxylic acids is 1. The maximum absolute atomic E-state index is 14.4. The summed E-state index contributed by atoms with van der Waals surface area (Å²) in [4.78, 5) is 33.1. The Balaban J connectivity index is 1.53. The monoisotopic (exact) mass is 462 g/mol. The van der Waals surface area contributed by atoms with Crippen molar-refractivity contribution in [1.82, 2.24) is 15.3 Å². The predicted molar refractivity (Wildman–Crippen MR) is 115 cm³/mol. The first-order valence-electron chi connectivity index (χ1n) is 10.8. The van der Waals surface area contributed by atoms with E-state index in [-0.39, 0.29) is 23.2 Å². The molecule has 0 radical (unpaired) electrons. The van der Waals surface area contributed by atoms with Crippen LogP contribution >= 0.6 is 0 Å². The van der Waals surface area contributed by atoms with Gasteiger partial charge in [-0.3, -0.25) is 15.4 Å². The van der Waals surface area contributed by atoms with Gasteiger partial charge in [0.15, 0.2) is 0 Å². The van der Waals surface area contributed by atoms with Crippen molar-refractivity contribution >= 4 is 23.5 Å². The SMILES string of the molecule is O=C(NCC1CCOCC1)Nc1nc(N2CCCC2c2cc(F)ccc2F)ncc1[N+](=O)[O-]. The fraction of sp³-hybridized carbons (Fsp3) is 0.476. The zero-order chi connectivity index (χ0) is 23.4. The molecule has 2 aromatic rings. The van der Waals surface area contributed by atoms with Gasteiger partial charge in [-0.1, -0.05) is 0 Å². The largest absolute Gasteiger partial charge is 0.381 e. The highest BCUT2D eigenvalue weighted by Crippen LogP contribution is 2.37. The van der Waals surface area contributed by atoms with Crippen molar-refractivity contribution < 1.29 is 23.2 Å². The normalized spacial score (nSPS) is 18.8. The van der Waals surface area contributed by atoms with Gasteiger partial charge in [-0.05, 0) is 49.8 Å². The highest BCUT2D eigenvalue weighted by atomic mass is 19.1. The third-order valence-corrected chi connectivity index (χ3v) is 5.90. The summed E-state index contributed by atoms with van der Waals surface area (Å²) in [5.74, 6) is -1.02. The molecule has 2 aliphatic rings. The van der Waals surface area contributed by atoms with Crippen LogP contribution < -0.4 is 15.5 Å². The van der Waals surface area contributed by atoms with Gasteiger partial charge in [-0.15, -0.1) is 0 Å². The molecule has 4 rings (SSSR count). The molecular formula is C21H24F2N6O4. The first-order valence-corrected chi connectivity index (χ1v) is 10.8. The number of carbonyl (C=O) groups is 1. The molecule has 33 heavy (non-hydrogen) atoms. The van der Waals surface area contributed by atoms with Crippen molar-refractivity contribution in [3.8, 4) is 0 Å². The van der Waals surface area contributed by atoms with Crippen molar-refractivity contribution in [2.75, 3.05) is 36.5 Å². The first-order chi connectivity index (χ1) is 15.9. The minimum atomic E-state index is -0.689. The van der Waals surface area contributed by atoms with Gasteiger partial charge in [0, 0.05) is 31.9 Å². The average Bonchev–Trinajstić information content (AvgIpc) is 3.29. The van der Waals surface area contributed by atoms with Crippen molar-refractivity contribution in [3.05, 3.63) is 51.7 Å². The molecular weight excluding hydrogens is 438 g/mol. The number of aromatic nitrogens is 2. The van der Waals surface area contributed by atoms with E-state index < -0.39 is 34.3 Å². The number of ether oxygens (including phenoxy) is 1. The number of nitrogens with zero attached hydrogens (tertiary/aromatic N) is 4. The minimum absolute atomic E-state index is 0.0893. The van der Waals surface area contributed by atoms with E-state index in [9.17, 15) is 23.7 Å². The van der Waals surface area contributed by atoms with Crippen LogP contribution in [0, 0.1) is 27.7 Å². The lowest BCUT2D eigenvalue weighted by molar-refractivity contribution is -0.384. The number of nitrogens with one attached hydrogen (secondary N) is 2. The standard InChI is InChI=1S/C21H24F2N6O4/c22-14-3-4-16(23)15(10-14)17-2-1-7-28(17)20-24-12-18(29(31)32)19(26-20)27-21(30)25-11-13-5-8-33-9-6-13/h3-4,10,12-13,17H,1-2,5-9,11H2,(H2,24,25,26,27,30). The molecule has 2 aliphatic heterocycles. The van der Waals surface area contributed by atoms with Crippen LogP contribution in [0.25, 0.3) is 0 Å². The molecule has 12 heteroatoms. The molecule has 0 spiro atoms. The van der Waals surface area contributed by atoms with Gasteiger partial charge in [0.25, 0.3) is 0 Å². The van der Waals surface area contributed by atoms with E-state index in [0.29, 0.717) is 39.1 Å². The molecule has 176 valence electrons. The highest BCUT2D eigenvalue weighted by Gasteiger charge is 2.32. The fourth-order valence-electron chi connectivity index (χ4n) is 4.17. The third kappa shape index (κ3) is 5.33. The Kier molecular flexibility index (Phi) is 6.92. The number of hydrogen-bond donors (Lipinski definition) is 2. The second kappa shape index (κ2) is 10.0. The van der Waals surface area contributed by atoms with Crippen LogP contribution in [0.1, 0.15) is 37.3 Å². The number of anilines is 2. The molecule has 0 bridgehead atoms. The van der Waals surface area contributed by atoms with Crippen LogP contribution in [-0.2, 0) is 4.74 Å². The average molecular weight is 462 g/mol. The van der Waals surface area contributed by atoms with Gasteiger partial charge in [0.1, 0.15) is 17.8 Å². The van der Waals surface area contributed by atoms with Gasteiger partial charge < -0.3 is 15.0 Å². The van der Waals surface area contributed by atoms with Gasteiger partial charge in [-0.25, -0.2) is 18.6 Å². The van der Waals surface area contributed by atoms with E-state index in [1.807, 2.05) is 0 Å². The lowest BCUT2D eigenvalue weighted by Crippen LogP contribution is -2.35. The van der Waals surface area contributed by atoms with Crippen molar-refractivity contribution in [2.45, 2.75) is 31.7 Å². The predicted octanol–water partition coefficient (Wildman–Crippen LogP) is 3.55. The number of hydrogen-bond acceptors (Lipinski definition) is 7. The van der Waals surface area contributed by atoms with Gasteiger partial charge in [0.05, 0.1) is 11.0 Å². The van der Waals surface area contributed by atoms with Gasteiger partial charge >= 0.3 is 11.7 Å².